The van der Waals surface area contributed by atoms with Crippen LogP contribution in [0, 0.1) is 0 Å². The van der Waals surface area contributed by atoms with Crippen molar-refractivity contribution in [2.45, 2.75) is 37.4 Å². The maximum absolute atomic E-state index is 6.39. The van der Waals surface area contributed by atoms with E-state index in [4.69, 9.17) is 4.74 Å². The summed E-state index contributed by atoms with van der Waals surface area (Å²) in [5.41, 5.74) is 1.39. The first-order chi connectivity index (χ1) is 8.27. The van der Waals surface area contributed by atoms with E-state index < -0.39 is 0 Å². The summed E-state index contributed by atoms with van der Waals surface area (Å²) in [6, 6.07) is 8.47. The Labute approximate surface area is 111 Å². The predicted molar refractivity (Wildman–Crippen MR) is 72.0 cm³/mol. The van der Waals surface area contributed by atoms with E-state index in [1.165, 1.54) is 31.2 Å². The molecular formula is C14H18BrNO. The minimum Gasteiger partial charge on any atom is -0.364 e. The van der Waals surface area contributed by atoms with Crippen LogP contribution in [-0.4, -0.2) is 18.7 Å². The molecule has 1 N–H and O–H groups in total. The Morgan fingerprint density at radius 3 is 2.88 bits per heavy atom. The summed E-state index contributed by atoms with van der Waals surface area (Å²) in [5, 5.41) is 3.55. The molecule has 1 heterocycles. The van der Waals surface area contributed by atoms with Crippen molar-refractivity contribution in [3.63, 3.8) is 0 Å². The van der Waals surface area contributed by atoms with Crippen LogP contribution in [0.1, 0.15) is 37.4 Å². The smallest absolute Gasteiger partial charge is 0.0957 e. The minimum atomic E-state index is 0.116. The lowest BCUT2D eigenvalue weighted by Gasteiger charge is -2.39. The van der Waals surface area contributed by atoms with Gasteiger partial charge in [0.25, 0.3) is 0 Å². The number of nitrogens with one attached hydrogen (secondary N) is 1. The van der Waals surface area contributed by atoms with Gasteiger partial charge >= 0.3 is 0 Å². The molecule has 92 valence electrons. The first-order valence-electron chi connectivity index (χ1n) is 6.41. The maximum atomic E-state index is 6.39. The van der Waals surface area contributed by atoms with Crippen LogP contribution in [0.5, 0.6) is 0 Å². The highest BCUT2D eigenvalue weighted by Crippen LogP contribution is 2.39. The topological polar surface area (TPSA) is 21.3 Å². The Morgan fingerprint density at radius 1 is 1.29 bits per heavy atom. The van der Waals surface area contributed by atoms with E-state index >= 15 is 0 Å². The molecule has 1 aliphatic carbocycles. The molecule has 1 aromatic carbocycles. The molecule has 2 nitrogen and oxygen atoms in total. The molecule has 0 aromatic heterocycles. The van der Waals surface area contributed by atoms with Crippen molar-refractivity contribution in [1.29, 1.82) is 0 Å². The number of hydrogen-bond acceptors (Lipinski definition) is 2. The molecule has 1 atom stereocenters. The van der Waals surface area contributed by atoms with Crippen LogP contribution in [0.15, 0.2) is 28.7 Å². The molecule has 1 aliphatic heterocycles. The van der Waals surface area contributed by atoms with Gasteiger partial charge in [0.2, 0.25) is 0 Å². The van der Waals surface area contributed by atoms with E-state index in [9.17, 15) is 0 Å². The van der Waals surface area contributed by atoms with Crippen molar-refractivity contribution in [3.05, 3.63) is 34.3 Å². The van der Waals surface area contributed by atoms with Crippen LogP contribution in [0.2, 0.25) is 0 Å². The summed E-state index contributed by atoms with van der Waals surface area (Å²) >= 11 is 3.53. The maximum Gasteiger partial charge on any atom is 0.0957 e. The van der Waals surface area contributed by atoms with Crippen molar-refractivity contribution < 1.29 is 4.74 Å². The van der Waals surface area contributed by atoms with Crippen LogP contribution < -0.4 is 5.32 Å². The molecule has 1 saturated heterocycles. The highest BCUT2D eigenvalue weighted by molar-refractivity contribution is 9.10. The number of halogens is 1. The normalized spacial score (nSPS) is 27.5. The van der Waals surface area contributed by atoms with E-state index in [0.29, 0.717) is 0 Å². The molecule has 0 amide bonds. The fourth-order valence-corrected chi connectivity index (χ4v) is 3.44. The molecule has 1 saturated carbocycles. The quantitative estimate of drug-likeness (QED) is 0.857. The third-order valence-corrected chi connectivity index (χ3v) is 4.40. The molecule has 0 bridgehead atoms. The number of morpholine rings is 1. The zero-order valence-electron chi connectivity index (χ0n) is 9.92. The lowest BCUT2D eigenvalue weighted by atomic mass is 9.97. The van der Waals surface area contributed by atoms with Gasteiger partial charge in [0.15, 0.2) is 0 Å². The van der Waals surface area contributed by atoms with E-state index in [-0.39, 0.29) is 11.7 Å². The van der Waals surface area contributed by atoms with Gasteiger partial charge in [-0.05, 0) is 30.5 Å². The summed E-state index contributed by atoms with van der Waals surface area (Å²) in [7, 11) is 0. The third-order valence-electron chi connectivity index (χ3n) is 3.90. The zero-order chi connectivity index (χ0) is 11.7. The lowest BCUT2D eigenvalue weighted by Crippen LogP contribution is -2.49. The summed E-state index contributed by atoms with van der Waals surface area (Å²) in [6.45, 7) is 1.95. The highest BCUT2D eigenvalue weighted by atomic mass is 79.9. The fourth-order valence-electron chi connectivity index (χ4n) is 3.02. The van der Waals surface area contributed by atoms with E-state index in [2.05, 4.69) is 45.5 Å². The monoisotopic (exact) mass is 295 g/mol. The Balaban J connectivity index is 1.79. The number of hydrogen-bond donors (Lipinski definition) is 1. The Kier molecular flexibility index (Phi) is 3.24. The van der Waals surface area contributed by atoms with Crippen LogP contribution in [0.25, 0.3) is 0 Å². The molecule has 1 unspecified atom stereocenters. The third kappa shape index (κ3) is 2.42. The Morgan fingerprint density at radius 2 is 2.12 bits per heavy atom. The molecule has 3 rings (SSSR count). The zero-order valence-corrected chi connectivity index (χ0v) is 11.5. The Bertz CT molecular complexity index is 401. The first-order valence-corrected chi connectivity index (χ1v) is 7.21. The Hall–Kier alpha value is -0.380. The number of rotatable bonds is 1. The van der Waals surface area contributed by atoms with Gasteiger partial charge in [-0.15, -0.1) is 0 Å². The molecule has 0 radical (unpaired) electrons. The van der Waals surface area contributed by atoms with Crippen molar-refractivity contribution in [2.24, 2.45) is 0 Å². The van der Waals surface area contributed by atoms with E-state index in [1.54, 1.807) is 0 Å². The van der Waals surface area contributed by atoms with Gasteiger partial charge in [-0.3, -0.25) is 0 Å². The summed E-state index contributed by atoms with van der Waals surface area (Å²) in [5.74, 6) is 0. The van der Waals surface area contributed by atoms with Crippen LogP contribution in [0.4, 0.5) is 0 Å². The first kappa shape index (κ1) is 11.7. The van der Waals surface area contributed by atoms with Crippen LogP contribution in [0.3, 0.4) is 0 Å². The van der Waals surface area contributed by atoms with Gasteiger partial charge in [0, 0.05) is 17.6 Å². The number of ether oxygens (including phenoxy) is 1. The second-order valence-corrected chi connectivity index (χ2v) is 6.10. The van der Waals surface area contributed by atoms with E-state index in [0.717, 1.165) is 17.6 Å². The second kappa shape index (κ2) is 4.71. The SMILES string of the molecule is Brc1cccc(C2CNCC3(CCCC3)O2)c1. The standard InChI is InChI=1S/C14H18BrNO/c15-12-5-3-4-11(8-12)13-9-16-10-14(17-13)6-1-2-7-14/h3-5,8,13,16H,1-2,6-7,9-10H2. The second-order valence-electron chi connectivity index (χ2n) is 5.18. The summed E-state index contributed by atoms with van der Waals surface area (Å²) < 4.78 is 7.52. The predicted octanol–water partition coefficient (Wildman–Crippen LogP) is 3.42. The van der Waals surface area contributed by atoms with Crippen LogP contribution in [-0.2, 0) is 4.74 Å². The number of benzene rings is 1. The molecule has 1 aromatic rings. The van der Waals surface area contributed by atoms with Gasteiger partial charge in [0.1, 0.15) is 0 Å². The largest absolute Gasteiger partial charge is 0.364 e. The molecule has 1 spiro atoms. The van der Waals surface area contributed by atoms with Crippen molar-refractivity contribution >= 4 is 15.9 Å². The van der Waals surface area contributed by atoms with Crippen LogP contribution >= 0.6 is 15.9 Å². The van der Waals surface area contributed by atoms with Gasteiger partial charge in [0.05, 0.1) is 11.7 Å². The van der Waals surface area contributed by atoms with Gasteiger partial charge < -0.3 is 10.1 Å². The molecule has 3 heteroatoms. The molecular weight excluding hydrogens is 278 g/mol. The van der Waals surface area contributed by atoms with Crippen molar-refractivity contribution in [2.75, 3.05) is 13.1 Å². The molecule has 2 fully saturated rings. The van der Waals surface area contributed by atoms with Crippen molar-refractivity contribution in [1.82, 2.24) is 5.32 Å². The lowest BCUT2D eigenvalue weighted by molar-refractivity contribution is -0.114. The highest BCUT2D eigenvalue weighted by Gasteiger charge is 2.39. The van der Waals surface area contributed by atoms with Gasteiger partial charge in [-0.25, -0.2) is 0 Å². The van der Waals surface area contributed by atoms with E-state index in [1.807, 2.05) is 0 Å². The molecule has 17 heavy (non-hydrogen) atoms. The summed E-state index contributed by atoms with van der Waals surface area (Å²) in [4.78, 5) is 0. The minimum absolute atomic E-state index is 0.116. The average molecular weight is 296 g/mol. The van der Waals surface area contributed by atoms with Gasteiger partial charge in [-0.2, -0.15) is 0 Å². The molecule has 2 aliphatic rings. The van der Waals surface area contributed by atoms with Gasteiger partial charge in [-0.1, -0.05) is 40.9 Å². The summed E-state index contributed by atoms with van der Waals surface area (Å²) in [6.07, 6.45) is 5.26. The average Bonchev–Trinajstić information content (AvgIpc) is 2.77. The van der Waals surface area contributed by atoms with Crippen molar-refractivity contribution in [3.8, 4) is 0 Å². The fraction of sp³-hybridized carbons (Fsp3) is 0.571.